The predicted molar refractivity (Wildman–Crippen MR) is 63.7 cm³/mol. The van der Waals surface area contributed by atoms with E-state index in [9.17, 15) is 9.59 Å². The minimum atomic E-state index is -0.657. The lowest BCUT2D eigenvalue weighted by Gasteiger charge is -2.06. The van der Waals surface area contributed by atoms with Gasteiger partial charge in [0.05, 0.1) is 6.61 Å². The van der Waals surface area contributed by atoms with Crippen LogP contribution >= 0.6 is 0 Å². The van der Waals surface area contributed by atoms with Crippen LogP contribution in [0.1, 0.15) is 18.4 Å². The summed E-state index contributed by atoms with van der Waals surface area (Å²) in [6.07, 6.45) is 0.585. The van der Waals surface area contributed by atoms with Crippen LogP contribution in [0.2, 0.25) is 0 Å². The smallest absolute Gasteiger partial charge is 0.377 e. The molecule has 1 N–H and O–H groups in total. The highest BCUT2D eigenvalue weighted by Crippen LogP contribution is 2.08. The summed E-state index contributed by atoms with van der Waals surface area (Å²) in [4.78, 5) is 21.9. The molecule has 1 aliphatic heterocycles. The van der Waals surface area contributed by atoms with Crippen molar-refractivity contribution in [1.29, 1.82) is 0 Å². The van der Waals surface area contributed by atoms with Crippen LogP contribution in [0.15, 0.2) is 30.3 Å². The van der Waals surface area contributed by atoms with E-state index < -0.39 is 18.1 Å². The average Bonchev–Trinajstić information content (AvgIpc) is 2.69. The fourth-order valence-corrected chi connectivity index (χ4v) is 1.74. The van der Waals surface area contributed by atoms with Gasteiger partial charge in [-0.15, -0.1) is 0 Å². The zero-order valence-corrected chi connectivity index (χ0v) is 9.93. The maximum atomic E-state index is 11.1. The van der Waals surface area contributed by atoms with Crippen LogP contribution in [-0.2, 0) is 20.9 Å². The lowest BCUT2D eigenvalue weighted by molar-refractivity contribution is -0.135. The van der Waals surface area contributed by atoms with Gasteiger partial charge in [-0.05, 0) is 18.4 Å². The third-order valence-electron chi connectivity index (χ3n) is 2.66. The number of ether oxygens (including phenoxy) is 2. The van der Waals surface area contributed by atoms with Gasteiger partial charge in [-0.25, -0.2) is 9.59 Å². The molecular weight excluding hydrogens is 234 g/mol. The topological polar surface area (TPSA) is 64.6 Å². The standard InChI is InChI=1S/C13H15NO4/c15-12-11(14-13(16)18-12)7-4-8-17-9-10-5-2-1-3-6-10/h1-3,5-6,11H,4,7-9H2,(H,14,16). The summed E-state index contributed by atoms with van der Waals surface area (Å²) in [5.41, 5.74) is 1.12. The van der Waals surface area contributed by atoms with Gasteiger partial charge in [-0.1, -0.05) is 30.3 Å². The van der Waals surface area contributed by atoms with Crippen LogP contribution in [0.25, 0.3) is 0 Å². The summed E-state index contributed by atoms with van der Waals surface area (Å²) >= 11 is 0. The van der Waals surface area contributed by atoms with Crippen molar-refractivity contribution in [3.05, 3.63) is 35.9 Å². The minimum absolute atomic E-state index is 0.497. The molecule has 1 aromatic rings. The van der Waals surface area contributed by atoms with E-state index in [-0.39, 0.29) is 0 Å². The lowest BCUT2D eigenvalue weighted by atomic mass is 10.2. The van der Waals surface area contributed by atoms with Crippen molar-refractivity contribution in [3.63, 3.8) is 0 Å². The molecular formula is C13H15NO4. The first-order valence-electron chi connectivity index (χ1n) is 5.89. The van der Waals surface area contributed by atoms with Crippen LogP contribution in [0, 0.1) is 0 Å². The number of rotatable bonds is 6. The number of benzene rings is 1. The Bertz CT molecular complexity index is 418. The Hall–Kier alpha value is -1.88. The van der Waals surface area contributed by atoms with Crippen molar-refractivity contribution in [2.75, 3.05) is 6.61 Å². The van der Waals surface area contributed by atoms with Gasteiger partial charge in [0.2, 0.25) is 0 Å². The molecule has 96 valence electrons. The lowest BCUT2D eigenvalue weighted by Crippen LogP contribution is -2.28. The molecule has 18 heavy (non-hydrogen) atoms. The molecule has 2 rings (SSSR count). The van der Waals surface area contributed by atoms with Crippen LogP contribution < -0.4 is 5.32 Å². The number of alkyl carbamates (subject to hydrolysis) is 1. The zero-order valence-electron chi connectivity index (χ0n) is 9.93. The third kappa shape index (κ3) is 3.56. The molecule has 1 unspecified atom stereocenters. The van der Waals surface area contributed by atoms with Crippen molar-refractivity contribution >= 4 is 12.1 Å². The minimum Gasteiger partial charge on any atom is -0.377 e. The first kappa shape index (κ1) is 12.6. The molecule has 0 spiro atoms. The average molecular weight is 249 g/mol. The third-order valence-corrected chi connectivity index (χ3v) is 2.66. The Kier molecular flexibility index (Phi) is 4.30. The van der Waals surface area contributed by atoms with Crippen LogP contribution in [-0.4, -0.2) is 24.7 Å². The number of carbonyl (C=O) groups excluding carboxylic acids is 2. The van der Waals surface area contributed by atoms with E-state index in [1.807, 2.05) is 30.3 Å². The van der Waals surface area contributed by atoms with Gasteiger partial charge < -0.3 is 14.8 Å². The number of hydrogen-bond acceptors (Lipinski definition) is 4. The first-order valence-corrected chi connectivity index (χ1v) is 5.89. The number of nitrogens with one attached hydrogen (secondary N) is 1. The maximum Gasteiger partial charge on any atom is 0.415 e. The second kappa shape index (κ2) is 6.16. The fourth-order valence-electron chi connectivity index (χ4n) is 1.74. The second-order valence-corrected chi connectivity index (χ2v) is 4.09. The summed E-state index contributed by atoms with van der Waals surface area (Å²) in [5.74, 6) is -0.497. The van der Waals surface area contributed by atoms with Crippen LogP contribution in [0.3, 0.4) is 0 Å². The van der Waals surface area contributed by atoms with Gasteiger partial charge in [0, 0.05) is 6.61 Å². The molecule has 1 saturated heterocycles. The Balaban J connectivity index is 1.59. The Morgan fingerprint density at radius 1 is 1.22 bits per heavy atom. The van der Waals surface area contributed by atoms with E-state index in [4.69, 9.17) is 4.74 Å². The molecule has 1 aromatic carbocycles. The fraction of sp³-hybridized carbons (Fsp3) is 0.385. The first-order chi connectivity index (χ1) is 8.75. The predicted octanol–water partition coefficient (Wildman–Crippen LogP) is 1.62. The van der Waals surface area contributed by atoms with Gasteiger partial charge in [-0.2, -0.15) is 0 Å². The van der Waals surface area contributed by atoms with Crippen molar-refractivity contribution in [1.82, 2.24) is 5.32 Å². The Morgan fingerprint density at radius 2 is 2.00 bits per heavy atom. The molecule has 1 amide bonds. The van der Waals surface area contributed by atoms with E-state index in [0.29, 0.717) is 26.1 Å². The molecule has 0 aliphatic carbocycles. The Labute approximate surface area is 105 Å². The molecule has 1 fully saturated rings. The quantitative estimate of drug-likeness (QED) is 0.472. The number of carbonyl (C=O) groups is 2. The van der Waals surface area contributed by atoms with Gasteiger partial charge >= 0.3 is 12.1 Å². The number of hydrogen-bond donors (Lipinski definition) is 1. The summed E-state index contributed by atoms with van der Waals surface area (Å²) in [6, 6.07) is 9.35. The van der Waals surface area contributed by atoms with E-state index >= 15 is 0 Å². The zero-order chi connectivity index (χ0) is 12.8. The molecule has 5 nitrogen and oxygen atoms in total. The molecule has 0 bridgehead atoms. The number of esters is 1. The highest BCUT2D eigenvalue weighted by molar-refractivity contribution is 5.95. The number of cyclic esters (lactones) is 2. The molecule has 0 saturated carbocycles. The van der Waals surface area contributed by atoms with Crippen LogP contribution in [0.5, 0.6) is 0 Å². The van der Waals surface area contributed by atoms with Crippen LogP contribution in [0.4, 0.5) is 4.79 Å². The normalized spacial score (nSPS) is 18.6. The molecule has 5 heteroatoms. The van der Waals surface area contributed by atoms with E-state index in [1.54, 1.807) is 0 Å². The maximum absolute atomic E-state index is 11.1. The van der Waals surface area contributed by atoms with Gasteiger partial charge in [0.15, 0.2) is 0 Å². The molecule has 1 heterocycles. The Morgan fingerprint density at radius 3 is 2.67 bits per heavy atom. The summed E-state index contributed by atoms with van der Waals surface area (Å²) < 4.78 is 9.85. The van der Waals surface area contributed by atoms with Crippen molar-refractivity contribution in [2.45, 2.75) is 25.5 Å². The van der Waals surface area contributed by atoms with Crippen molar-refractivity contribution < 1.29 is 19.1 Å². The van der Waals surface area contributed by atoms with E-state index in [1.165, 1.54) is 0 Å². The summed E-state index contributed by atoms with van der Waals surface area (Å²) in [7, 11) is 0. The monoisotopic (exact) mass is 249 g/mol. The molecule has 1 atom stereocenters. The molecule has 0 aromatic heterocycles. The highest BCUT2D eigenvalue weighted by atomic mass is 16.6. The summed E-state index contributed by atoms with van der Waals surface area (Å²) in [5, 5.41) is 2.45. The van der Waals surface area contributed by atoms with Crippen molar-refractivity contribution in [2.24, 2.45) is 0 Å². The van der Waals surface area contributed by atoms with Gasteiger partial charge in [0.1, 0.15) is 6.04 Å². The number of amides is 1. The van der Waals surface area contributed by atoms with Gasteiger partial charge in [-0.3, -0.25) is 0 Å². The van der Waals surface area contributed by atoms with Crippen molar-refractivity contribution in [3.8, 4) is 0 Å². The molecule has 0 radical (unpaired) electrons. The van der Waals surface area contributed by atoms with Gasteiger partial charge in [0.25, 0.3) is 0 Å². The highest BCUT2D eigenvalue weighted by Gasteiger charge is 2.31. The van der Waals surface area contributed by atoms with E-state index in [0.717, 1.165) is 5.56 Å². The largest absolute Gasteiger partial charge is 0.415 e. The van der Waals surface area contributed by atoms with E-state index in [2.05, 4.69) is 10.1 Å². The summed E-state index contributed by atoms with van der Waals surface area (Å²) in [6.45, 7) is 1.11. The SMILES string of the molecule is O=C1NC(CCCOCc2ccccc2)C(=O)O1. The second-order valence-electron chi connectivity index (χ2n) is 4.09. The molecule has 1 aliphatic rings.